The van der Waals surface area contributed by atoms with Crippen LogP contribution in [0.2, 0.25) is 0 Å². The Morgan fingerprint density at radius 3 is 2.70 bits per heavy atom. The first-order valence-electron chi connectivity index (χ1n) is 10.5. The number of urea groups is 1. The number of anilines is 2. The Balaban J connectivity index is 1.58. The van der Waals surface area contributed by atoms with Gasteiger partial charge < -0.3 is 19.7 Å². The van der Waals surface area contributed by atoms with Crippen molar-refractivity contribution in [3.8, 4) is 17.2 Å². The molecule has 8 nitrogen and oxygen atoms in total. The van der Waals surface area contributed by atoms with Crippen LogP contribution in [0.4, 0.5) is 20.0 Å². The van der Waals surface area contributed by atoms with Gasteiger partial charge in [0.1, 0.15) is 0 Å². The van der Waals surface area contributed by atoms with E-state index in [4.69, 9.17) is 9.47 Å². The summed E-state index contributed by atoms with van der Waals surface area (Å²) >= 11 is 1.31. The molecule has 2 N–H and O–H groups in total. The van der Waals surface area contributed by atoms with E-state index in [-0.39, 0.29) is 11.5 Å². The lowest BCUT2D eigenvalue weighted by Gasteiger charge is -2.32. The molecule has 33 heavy (non-hydrogen) atoms. The summed E-state index contributed by atoms with van der Waals surface area (Å²) in [4.78, 5) is 21.2. The molecular weight excluding hydrogens is 445 g/mol. The van der Waals surface area contributed by atoms with E-state index in [1.54, 1.807) is 29.8 Å². The number of carbonyl (C=O) groups is 1. The number of benzene rings is 2. The number of ether oxygens (including phenoxy) is 2. The third kappa shape index (κ3) is 5.98. The van der Waals surface area contributed by atoms with Crippen LogP contribution in [0.15, 0.2) is 48.0 Å². The third-order valence-electron chi connectivity index (χ3n) is 5.31. The van der Waals surface area contributed by atoms with Crippen LogP contribution < -0.4 is 20.1 Å². The maximum atomic E-state index is 14.6. The highest BCUT2D eigenvalue weighted by Crippen LogP contribution is 2.38. The number of halogens is 1. The maximum absolute atomic E-state index is 14.6. The van der Waals surface area contributed by atoms with Crippen molar-refractivity contribution in [2.45, 2.75) is 6.54 Å². The molecule has 0 saturated carbocycles. The van der Waals surface area contributed by atoms with E-state index in [0.29, 0.717) is 16.6 Å². The molecule has 0 atom stereocenters. The molecule has 2 aromatic carbocycles. The topological polar surface area (TPSA) is 79.0 Å². The average Bonchev–Trinajstić information content (AvgIpc) is 3.31. The van der Waals surface area contributed by atoms with E-state index < -0.39 is 11.8 Å². The van der Waals surface area contributed by atoms with E-state index in [2.05, 4.69) is 32.5 Å². The lowest BCUT2D eigenvalue weighted by molar-refractivity contribution is 0.148. The summed E-state index contributed by atoms with van der Waals surface area (Å²) in [6, 6.07) is 9.51. The van der Waals surface area contributed by atoms with Crippen LogP contribution in [-0.2, 0) is 6.54 Å². The van der Waals surface area contributed by atoms with E-state index in [1.165, 1.54) is 24.5 Å². The Morgan fingerprint density at radius 2 is 1.97 bits per heavy atom. The molecule has 2 heterocycles. The van der Waals surface area contributed by atoms with Crippen LogP contribution in [-0.4, -0.2) is 61.2 Å². The Morgan fingerprint density at radius 1 is 1.15 bits per heavy atom. The molecule has 1 saturated heterocycles. The number of hydrogen-bond donors (Lipinski definition) is 2. The van der Waals surface area contributed by atoms with Gasteiger partial charge >= 0.3 is 6.03 Å². The van der Waals surface area contributed by atoms with Gasteiger partial charge in [0.2, 0.25) is 5.75 Å². The fourth-order valence-electron chi connectivity index (χ4n) is 3.51. The molecule has 1 aliphatic rings. The van der Waals surface area contributed by atoms with Crippen LogP contribution >= 0.6 is 11.3 Å². The fourth-order valence-corrected chi connectivity index (χ4v) is 4.04. The van der Waals surface area contributed by atoms with Crippen molar-refractivity contribution < 1.29 is 18.7 Å². The van der Waals surface area contributed by atoms with E-state index >= 15 is 0 Å². The number of rotatable bonds is 7. The van der Waals surface area contributed by atoms with Crippen molar-refractivity contribution >= 4 is 28.2 Å². The number of aromatic nitrogens is 1. The number of carbonyl (C=O) groups excluding carboxylic acids is 1. The highest BCUT2D eigenvalue weighted by molar-refractivity contribution is 7.13. The van der Waals surface area contributed by atoms with Gasteiger partial charge in [-0.1, -0.05) is 12.1 Å². The zero-order valence-corrected chi connectivity index (χ0v) is 19.3. The molecule has 2 amide bonds. The number of hydrogen-bond acceptors (Lipinski definition) is 7. The van der Waals surface area contributed by atoms with E-state index in [9.17, 15) is 9.18 Å². The molecular formula is C23H26FN5O3S. The lowest BCUT2D eigenvalue weighted by atomic mass is 10.1. The van der Waals surface area contributed by atoms with Gasteiger partial charge in [0.25, 0.3) is 0 Å². The Hall–Kier alpha value is -3.21. The number of nitrogens with one attached hydrogen (secondary N) is 2. The van der Waals surface area contributed by atoms with Gasteiger partial charge in [-0.05, 0) is 36.9 Å². The number of nitrogens with zero attached hydrogens (tertiary/aromatic N) is 3. The normalized spacial score (nSPS) is 14.6. The van der Waals surface area contributed by atoms with Crippen molar-refractivity contribution in [1.82, 2.24) is 14.8 Å². The minimum absolute atomic E-state index is 0.0415. The number of thiazole rings is 1. The second-order valence-corrected chi connectivity index (χ2v) is 8.59. The number of piperazine rings is 1. The molecule has 174 valence electrons. The van der Waals surface area contributed by atoms with Crippen molar-refractivity contribution in [2.75, 3.05) is 51.0 Å². The van der Waals surface area contributed by atoms with Gasteiger partial charge in [0.05, 0.1) is 12.8 Å². The third-order valence-corrected chi connectivity index (χ3v) is 6.00. The lowest BCUT2D eigenvalue weighted by Crippen LogP contribution is -2.43. The summed E-state index contributed by atoms with van der Waals surface area (Å²) < 4.78 is 25.8. The zero-order valence-electron chi connectivity index (χ0n) is 18.5. The van der Waals surface area contributed by atoms with Crippen LogP contribution in [0.25, 0.3) is 0 Å². The van der Waals surface area contributed by atoms with Crippen molar-refractivity contribution in [3.05, 3.63) is 59.4 Å². The summed E-state index contributed by atoms with van der Waals surface area (Å²) in [6.07, 6.45) is 1.60. The summed E-state index contributed by atoms with van der Waals surface area (Å²) in [5.74, 6) is -0.0193. The summed E-state index contributed by atoms with van der Waals surface area (Å²) in [5.41, 5.74) is 1.40. The average molecular weight is 472 g/mol. The SMILES string of the molecule is COc1cccc(F)c1Oc1cc(CN2CCN(C)CC2)ccc1NC(=O)Nc1nccs1. The smallest absolute Gasteiger partial charge is 0.325 e. The molecule has 0 unspecified atom stereocenters. The Kier molecular flexibility index (Phi) is 7.38. The van der Waals surface area contributed by atoms with Crippen LogP contribution in [0.3, 0.4) is 0 Å². The highest BCUT2D eigenvalue weighted by Gasteiger charge is 2.18. The molecule has 0 spiro atoms. The standard InChI is InChI=1S/C23H26FN5O3S/c1-28-9-11-29(12-10-28)15-16-6-7-18(26-22(30)27-23-25-8-13-33-23)20(14-16)32-21-17(24)4-3-5-19(21)31-2/h3-8,13-14H,9-12,15H2,1-2H3,(H2,25,26,27,30). The van der Waals surface area contributed by atoms with E-state index in [0.717, 1.165) is 38.3 Å². The van der Waals surface area contributed by atoms with E-state index in [1.807, 2.05) is 12.1 Å². The fraction of sp³-hybridized carbons (Fsp3) is 0.304. The highest BCUT2D eigenvalue weighted by atomic mass is 32.1. The van der Waals surface area contributed by atoms with Gasteiger partial charge in [-0.15, -0.1) is 11.3 Å². The van der Waals surface area contributed by atoms with Gasteiger partial charge in [0.15, 0.2) is 22.4 Å². The number of likely N-dealkylation sites (N-methyl/N-ethyl adjacent to an activating group) is 1. The molecule has 0 radical (unpaired) electrons. The second kappa shape index (κ2) is 10.6. The first-order valence-corrected chi connectivity index (χ1v) is 11.4. The summed E-state index contributed by atoms with van der Waals surface area (Å²) in [7, 11) is 3.56. The van der Waals surface area contributed by atoms with Crippen LogP contribution in [0, 0.1) is 5.82 Å². The quantitative estimate of drug-likeness (QED) is 0.529. The first-order chi connectivity index (χ1) is 16.0. The molecule has 10 heteroatoms. The van der Waals surface area contributed by atoms with Crippen molar-refractivity contribution in [3.63, 3.8) is 0 Å². The molecule has 0 bridgehead atoms. The molecule has 0 aliphatic carbocycles. The molecule has 1 aliphatic heterocycles. The molecule has 4 rings (SSSR count). The van der Waals surface area contributed by atoms with Crippen LogP contribution in [0.5, 0.6) is 17.2 Å². The second-order valence-electron chi connectivity index (χ2n) is 7.70. The molecule has 3 aromatic rings. The Bertz CT molecular complexity index is 1090. The Labute approximate surface area is 195 Å². The van der Waals surface area contributed by atoms with Gasteiger partial charge in [-0.3, -0.25) is 10.2 Å². The van der Waals surface area contributed by atoms with Gasteiger partial charge in [-0.2, -0.15) is 0 Å². The van der Waals surface area contributed by atoms with Gasteiger partial charge in [0, 0.05) is 44.3 Å². The number of amides is 2. The molecule has 1 fully saturated rings. The van der Waals surface area contributed by atoms with Crippen LogP contribution in [0.1, 0.15) is 5.56 Å². The first kappa shape index (κ1) is 23.0. The molecule has 1 aromatic heterocycles. The largest absolute Gasteiger partial charge is 0.493 e. The minimum atomic E-state index is -0.558. The predicted molar refractivity (Wildman–Crippen MR) is 127 cm³/mol. The summed E-state index contributed by atoms with van der Waals surface area (Å²) in [6.45, 7) is 4.66. The monoisotopic (exact) mass is 471 g/mol. The summed E-state index contributed by atoms with van der Waals surface area (Å²) in [5, 5.41) is 7.68. The predicted octanol–water partition coefficient (Wildman–Crippen LogP) is 4.47. The van der Waals surface area contributed by atoms with Gasteiger partial charge in [-0.25, -0.2) is 14.2 Å². The van der Waals surface area contributed by atoms with Crippen molar-refractivity contribution in [2.24, 2.45) is 0 Å². The zero-order chi connectivity index (χ0) is 23.2. The maximum Gasteiger partial charge on any atom is 0.325 e. The minimum Gasteiger partial charge on any atom is -0.493 e. The number of para-hydroxylation sites is 1. The van der Waals surface area contributed by atoms with Crippen molar-refractivity contribution in [1.29, 1.82) is 0 Å². The number of methoxy groups -OCH3 is 1.